The van der Waals surface area contributed by atoms with E-state index < -0.39 is 14.9 Å². The summed E-state index contributed by atoms with van der Waals surface area (Å²) in [4.78, 5) is 23.4. The van der Waals surface area contributed by atoms with Crippen molar-refractivity contribution < 1.29 is 27.6 Å². The molecule has 2 aliphatic rings. The first kappa shape index (κ1) is 26.0. The van der Waals surface area contributed by atoms with Crippen molar-refractivity contribution >= 4 is 21.6 Å². The van der Waals surface area contributed by atoms with Gasteiger partial charge in [0, 0.05) is 43.9 Å². The largest absolute Gasteiger partial charge is 0.438 e. The molecule has 2 fully saturated rings. The molecular formula is C23H31N5O7S. The highest BCUT2D eigenvalue weighted by Gasteiger charge is 2.33. The summed E-state index contributed by atoms with van der Waals surface area (Å²) in [5.41, 5.74) is 0.224. The molecule has 0 radical (unpaired) electrons. The average Bonchev–Trinajstić information content (AvgIpc) is 3.60. The van der Waals surface area contributed by atoms with Gasteiger partial charge in [0.25, 0.3) is 11.6 Å². The number of benzene rings is 1. The summed E-state index contributed by atoms with van der Waals surface area (Å²) in [5, 5.41) is 18.7. The standard InChI is InChI=1S/C23H31N5O7S/c1-15(2)27-23(16(3)21(25-27)22(29)24-14-18-7-6-12-34-18)35-19-9-8-17(28(30)31)13-20(19)36(32,33)26-10-4-5-11-26/h8-9,13,15,18H,4-7,10-12,14H2,1-3H3,(H,24,29)/t18-/m1/s1. The Morgan fingerprint density at radius 2 is 2.03 bits per heavy atom. The normalized spacial score (nSPS) is 18.6. The highest BCUT2D eigenvalue weighted by Crippen LogP contribution is 2.37. The van der Waals surface area contributed by atoms with Gasteiger partial charge >= 0.3 is 0 Å². The van der Waals surface area contributed by atoms with Gasteiger partial charge in [-0.25, -0.2) is 13.1 Å². The summed E-state index contributed by atoms with van der Waals surface area (Å²) in [6.07, 6.45) is 3.23. The first-order valence-electron chi connectivity index (χ1n) is 12.0. The van der Waals surface area contributed by atoms with E-state index in [1.807, 2.05) is 13.8 Å². The number of carbonyl (C=O) groups excluding carboxylic acids is 1. The van der Waals surface area contributed by atoms with Gasteiger partial charge < -0.3 is 14.8 Å². The predicted octanol–water partition coefficient (Wildman–Crippen LogP) is 3.17. The van der Waals surface area contributed by atoms with Crippen LogP contribution < -0.4 is 10.1 Å². The number of ether oxygens (including phenoxy) is 2. The number of hydrogen-bond donors (Lipinski definition) is 1. The fourth-order valence-electron chi connectivity index (χ4n) is 4.35. The van der Waals surface area contributed by atoms with Gasteiger partial charge in [-0.3, -0.25) is 14.9 Å². The molecule has 1 atom stereocenters. The molecule has 0 spiro atoms. The fourth-order valence-corrected chi connectivity index (χ4v) is 6.00. The molecule has 13 heteroatoms. The molecule has 0 aliphatic carbocycles. The van der Waals surface area contributed by atoms with Crippen LogP contribution in [0.15, 0.2) is 23.1 Å². The molecule has 3 heterocycles. The number of carbonyl (C=O) groups is 1. The second kappa shape index (κ2) is 10.5. The van der Waals surface area contributed by atoms with Crippen molar-refractivity contribution in [3.05, 3.63) is 39.6 Å². The second-order valence-corrected chi connectivity index (χ2v) is 11.2. The Morgan fingerprint density at radius 3 is 2.64 bits per heavy atom. The number of nitro groups is 1. The lowest BCUT2D eigenvalue weighted by atomic mass is 10.2. The van der Waals surface area contributed by atoms with Gasteiger partial charge in [0.2, 0.25) is 15.9 Å². The third-order valence-corrected chi connectivity index (χ3v) is 8.26. The van der Waals surface area contributed by atoms with Crippen LogP contribution in [0.25, 0.3) is 0 Å². The number of nitrogens with zero attached hydrogens (tertiary/aromatic N) is 4. The summed E-state index contributed by atoms with van der Waals surface area (Å²) in [6.45, 7) is 7.09. The van der Waals surface area contributed by atoms with Gasteiger partial charge in [0.15, 0.2) is 5.69 Å². The maximum absolute atomic E-state index is 13.4. The number of rotatable bonds is 9. The smallest absolute Gasteiger partial charge is 0.272 e. The summed E-state index contributed by atoms with van der Waals surface area (Å²) in [5.74, 6) is -0.261. The van der Waals surface area contributed by atoms with E-state index in [0.29, 0.717) is 44.6 Å². The summed E-state index contributed by atoms with van der Waals surface area (Å²) in [6, 6.07) is 3.27. The zero-order valence-electron chi connectivity index (χ0n) is 20.6. The SMILES string of the molecule is Cc1c(C(=O)NC[C@H]2CCCO2)nn(C(C)C)c1Oc1ccc([N+](=O)[O-])cc1S(=O)(=O)N1CCCC1. The Morgan fingerprint density at radius 1 is 1.31 bits per heavy atom. The third kappa shape index (κ3) is 5.22. The van der Waals surface area contributed by atoms with E-state index in [0.717, 1.165) is 18.9 Å². The van der Waals surface area contributed by atoms with Crippen molar-refractivity contribution in [2.24, 2.45) is 0 Å². The Balaban J connectivity index is 1.69. The van der Waals surface area contributed by atoms with Crippen molar-refractivity contribution in [2.75, 3.05) is 26.2 Å². The highest BCUT2D eigenvalue weighted by molar-refractivity contribution is 7.89. The number of amides is 1. The van der Waals surface area contributed by atoms with Gasteiger partial charge in [-0.15, -0.1) is 0 Å². The Bertz CT molecular complexity index is 1250. The predicted molar refractivity (Wildman–Crippen MR) is 130 cm³/mol. The lowest BCUT2D eigenvalue weighted by molar-refractivity contribution is -0.385. The van der Waals surface area contributed by atoms with E-state index in [9.17, 15) is 23.3 Å². The number of nitro benzene ring substituents is 1. The molecule has 2 aromatic rings. The molecule has 2 saturated heterocycles. The fraction of sp³-hybridized carbons (Fsp3) is 0.565. The minimum absolute atomic E-state index is 0.0318. The third-order valence-electron chi connectivity index (χ3n) is 6.34. The van der Waals surface area contributed by atoms with Crippen molar-refractivity contribution in [3.63, 3.8) is 0 Å². The van der Waals surface area contributed by atoms with Crippen LogP contribution in [0.1, 0.15) is 61.6 Å². The molecule has 0 saturated carbocycles. The van der Waals surface area contributed by atoms with Gasteiger partial charge in [-0.05, 0) is 52.5 Å². The zero-order chi connectivity index (χ0) is 26.0. The second-order valence-electron chi connectivity index (χ2n) is 9.26. The zero-order valence-corrected chi connectivity index (χ0v) is 21.4. The lowest BCUT2D eigenvalue weighted by Gasteiger charge is -2.19. The summed E-state index contributed by atoms with van der Waals surface area (Å²) < 4.78 is 41.2. The quantitative estimate of drug-likeness (QED) is 0.391. The Labute approximate surface area is 209 Å². The van der Waals surface area contributed by atoms with E-state index >= 15 is 0 Å². The van der Waals surface area contributed by atoms with E-state index in [-0.39, 0.29) is 46.0 Å². The van der Waals surface area contributed by atoms with E-state index in [2.05, 4.69) is 10.4 Å². The van der Waals surface area contributed by atoms with Crippen LogP contribution in [0.4, 0.5) is 5.69 Å². The van der Waals surface area contributed by atoms with E-state index in [4.69, 9.17) is 9.47 Å². The molecule has 0 bridgehead atoms. The van der Waals surface area contributed by atoms with Crippen LogP contribution >= 0.6 is 0 Å². The lowest BCUT2D eigenvalue weighted by Crippen LogP contribution is -2.32. The molecule has 36 heavy (non-hydrogen) atoms. The monoisotopic (exact) mass is 521 g/mol. The molecule has 1 aromatic carbocycles. The molecule has 196 valence electrons. The van der Waals surface area contributed by atoms with Crippen LogP contribution in [-0.2, 0) is 14.8 Å². The van der Waals surface area contributed by atoms with E-state index in [1.54, 1.807) is 6.92 Å². The molecule has 12 nitrogen and oxygen atoms in total. The number of sulfonamides is 1. The van der Waals surface area contributed by atoms with Crippen LogP contribution in [-0.4, -0.2) is 65.7 Å². The number of hydrogen-bond acceptors (Lipinski definition) is 8. The topological polar surface area (TPSA) is 146 Å². The molecule has 1 N–H and O–H groups in total. The van der Waals surface area contributed by atoms with Crippen LogP contribution in [0.5, 0.6) is 11.6 Å². The Hall–Kier alpha value is -3.03. The van der Waals surface area contributed by atoms with Crippen LogP contribution in [0.3, 0.4) is 0 Å². The number of non-ortho nitro benzene ring substituents is 1. The maximum Gasteiger partial charge on any atom is 0.272 e. The van der Waals surface area contributed by atoms with Crippen molar-refractivity contribution in [1.82, 2.24) is 19.4 Å². The van der Waals surface area contributed by atoms with Gasteiger partial charge in [0.05, 0.1) is 17.1 Å². The first-order valence-corrected chi connectivity index (χ1v) is 13.5. The minimum atomic E-state index is -4.04. The van der Waals surface area contributed by atoms with Crippen LogP contribution in [0, 0.1) is 17.0 Å². The highest BCUT2D eigenvalue weighted by atomic mass is 32.2. The minimum Gasteiger partial charge on any atom is -0.438 e. The van der Waals surface area contributed by atoms with Crippen LogP contribution in [0.2, 0.25) is 0 Å². The molecule has 4 rings (SSSR count). The molecule has 1 aromatic heterocycles. The van der Waals surface area contributed by atoms with E-state index in [1.165, 1.54) is 21.1 Å². The first-order chi connectivity index (χ1) is 17.1. The van der Waals surface area contributed by atoms with Gasteiger partial charge in [-0.1, -0.05) is 0 Å². The average molecular weight is 522 g/mol. The summed E-state index contributed by atoms with van der Waals surface area (Å²) in [7, 11) is -4.04. The molecule has 2 aliphatic heterocycles. The molecular weight excluding hydrogens is 490 g/mol. The summed E-state index contributed by atoms with van der Waals surface area (Å²) >= 11 is 0. The number of nitrogens with one attached hydrogen (secondary N) is 1. The van der Waals surface area contributed by atoms with Crippen molar-refractivity contribution in [1.29, 1.82) is 0 Å². The maximum atomic E-state index is 13.4. The Kier molecular flexibility index (Phi) is 7.62. The van der Waals surface area contributed by atoms with Crippen molar-refractivity contribution in [2.45, 2.75) is 63.5 Å². The van der Waals surface area contributed by atoms with Gasteiger partial charge in [0.1, 0.15) is 10.6 Å². The molecule has 0 unspecified atom stereocenters. The van der Waals surface area contributed by atoms with Crippen molar-refractivity contribution in [3.8, 4) is 11.6 Å². The number of aromatic nitrogens is 2. The van der Waals surface area contributed by atoms with Gasteiger partial charge in [-0.2, -0.15) is 9.40 Å². The molecule has 1 amide bonds.